The number of nitrogens with zero attached hydrogens (tertiary/aromatic N) is 3. The van der Waals surface area contributed by atoms with E-state index in [0.717, 1.165) is 6.04 Å². The Balaban J connectivity index is 1.99. The van der Waals surface area contributed by atoms with Crippen LogP contribution in [-0.2, 0) is 11.5 Å². The molecule has 1 heterocycles. The highest BCUT2D eigenvalue weighted by atomic mass is 28.3. The molecule has 7 heteroatoms. The summed E-state index contributed by atoms with van der Waals surface area (Å²) in [5, 5.41) is 9.32. The summed E-state index contributed by atoms with van der Waals surface area (Å²) in [6, 6.07) is 8.38. The topological polar surface area (TPSA) is 67.9 Å². The van der Waals surface area contributed by atoms with Gasteiger partial charge < -0.3 is 9.30 Å². The normalized spacial score (nSPS) is 12.6. The van der Waals surface area contributed by atoms with Gasteiger partial charge in [-0.3, -0.25) is 4.79 Å². The fourth-order valence-electron chi connectivity index (χ4n) is 2.19. The van der Waals surface area contributed by atoms with Crippen LogP contribution in [0.5, 0.6) is 0 Å². The Labute approximate surface area is 148 Å². The number of ketones is 1. The van der Waals surface area contributed by atoms with Crippen LogP contribution in [0.4, 0.5) is 4.39 Å². The largest absolute Gasteiger partial charge is 0.361 e. The SMILES string of the molecule is C[Si](C)(C)CCOCn1cnc(C(=O)C(C#N)c2ccc(F)cc2)c1. The second-order valence-corrected chi connectivity index (χ2v) is 12.7. The Morgan fingerprint density at radius 1 is 1.36 bits per heavy atom. The fraction of sp³-hybridized carbons (Fsp3) is 0.389. The summed E-state index contributed by atoms with van der Waals surface area (Å²) in [5.74, 6) is -1.82. The molecule has 1 unspecified atom stereocenters. The summed E-state index contributed by atoms with van der Waals surface area (Å²) in [7, 11) is -1.14. The first-order valence-electron chi connectivity index (χ1n) is 8.09. The molecule has 1 atom stereocenters. The van der Waals surface area contributed by atoms with Crippen LogP contribution < -0.4 is 0 Å². The molecule has 0 fully saturated rings. The monoisotopic (exact) mass is 359 g/mol. The van der Waals surface area contributed by atoms with E-state index in [-0.39, 0.29) is 5.69 Å². The fourth-order valence-corrected chi connectivity index (χ4v) is 2.95. The highest BCUT2D eigenvalue weighted by Gasteiger charge is 2.23. The zero-order valence-electron chi connectivity index (χ0n) is 14.7. The molecule has 0 radical (unpaired) electrons. The van der Waals surface area contributed by atoms with Crippen molar-refractivity contribution in [3.8, 4) is 6.07 Å². The molecule has 0 bridgehead atoms. The number of ether oxygens (including phenoxy) is 1. The van der Waals surface area contributed by atoms with Gasteiger partial charge >= 0.3 is 0 Å². The number of rotatable bonds is 8. The van der Waals surface area contributed by atoms with Crippen LogP contribution in [-0.4, -0.2) is 30.0 Å². The number of Topliss-reactive ketones (excluding diaryl/α,β-unsaturated/α-hetero) is 1. The summed E-state index contributed by atoms with van der Waals surface area (Å²) in [4.78, 5) is 16.6. The first kappa shape index (κ1) is 19.0. The van der Waals surface area contributed by atoms with Crippen molar-refractivity contribution < 1.29 is 13.9 Å². The van der Waals surface area contributed by atoms with Crippen molar-refractivity contribution in [2.75, 3.05) is 6.61 Å². The molecule has 25 heavy (non-hydrogen) atoms. The van der Waals surface area contributed by atoms with Crippen LogP contribution in [0.2, 0.25) is 25.7 Å². The van der Waals surface area contributed by atoms with Crippen LogP contribution in [0.3, 0.4) is 0 Å². The van der Waals surface area contributed by atoms with Gasteiger partial charge in [-0.2, -0.15) is 5.26 Å². The molecule has 1 aromatic carbocycles. The highest BCUT2D eigenvalue weighted by Crippen LogP contribution is 2.20. The summed E-state index contributed by atoms with van der Waals surface area (Å²) >= 11 is 0. The van der Waals surface area contributed by atoms with Crippen molar-refractivity contribution in [3.63, 3.8) is 0 Å². The zero-order valence-corrected chi connectivity index (χ0v) is 15.7. The zero-order chi connectivity index (χ0) is 18.4. The maximum Gasteiger partial charge on any atom is 0.204 e. The van der Waals surface area contributed by atoms with E-state index >= 15 is 0 Å². The number of imidazole rings is 1. The number of carbonyl (C=O) groups excluding carboxylic acids is 1. The molecule has 0 aliphatic rings. The number of nitriles is 1. The smallest absolute Gasteiger partial charge is 0.204 e. The molecule has 0 spiro atoms. The van der Waals surface area contributed by atoms with E-state index in [1.807, 2.05) is 6.07 Å². The minimum atomic E-state index is -1.14. The maximum absolute atomic E-state index is 13.0. The Morgan fingerprint density at radius 2 is 2.04 bits per heavy atom. The number of aromatic nitrogens is 2. The van der Waals surface area contributed by atoms with Gasteiger partial charge in [-0.25, -0.2) is 9.37 Å². The van der Waals surface area contributed by atoms with Gasteiger partial charge in [0, 0.05) is 20.9 Å². The molecular weight excluding hydrogens is 337 g/mol. The van der Waals surface area contributed by atoms with E-state index in [2.05, 4.69) is 24.6 Å². The second-order valence-electron chi connectivity index (χ2n) is 7.10. The molecule has 0 saturated heterocycles. The Morgan fingerprint density at radius 3 is 2.64 bits per heavy atom. The Kier molecular flexibility index (Phi) is 6.23. The predicted molar refractivity (Wildman–Crippen MR) is 95.4 cm³/mol. The van der Waals surface area contributed by atoms with E-state index in [1.54, 1.807) is 10.8 Å². The van der Waals surface area contributed by atoms with Crippen molar-refractivity contribution >= 4 is 13.9 Å². The van der Waals surface area contributed by atoms with Crippen LogP contribution in [0.1, 0.15) is 22.0 Å². The molecule has 1 aromatic heterocycles. The lowest BCUT2D eigenvalue weighted by atomic mass is 9.95. The van der Waals surface area contributed by atoms with E-state index < -0.39 is 25.6 Å². The number of hydrogen-bond acceptors (Lipinski definition) is 4. The van der Waals surface area contributed by atoms with Gasteiger partial charge in [-0.15, -0.1) is 0 Å². The minimum absolute atomic E-state index is 0.199. The minimum Gasteiger partial charge on any atom is -0.361 e. The third kappa shape index (κ3) is 5.62. The molecule has 5 nitrogen and oxygen atoms in total. The van der Waals surface area contributed by atoms with Crippen LogP contribution in [0.25, 0.3) is 0 Å². The van der Waals surface area contributed by atoms with Crippen molar-refractivity contribution in [3.05, 3.63) is 53.9 Å². The van der Waals surface area contributed by atoms with Gasteiger partial charge in [-0.05, 0) is 23.7 Å². The lowest BCUT2D eigenvalue weighted by Crippen LogP contribution is -2.21. The summed E-state index contributed by atoms with van der Waals surface area (Å²) in [5.41, 5.74) is 0.652. The van der Waals surface area contributed by atoms with Gasteiger partial charge in [0.25, 0.3) is 0 Å². The molecular formula is C18H22FN3O2Si. The average Bonchev–Trinajstić information content (AvgIpc) is 3.02. The average molecular weight is 359 g/mol. The maximum atomic E-state index is 13.0. The molecule has 0 amide bonds. The van der Waals surface area contributed by atoms with Gasteiger partial charge in [-0.1, -0.05) is 31.8 Å². The standard InChI is InChI=1S/C18H22FN3O2Si/c1-25(2,3)9-8-24-13-22-11-17(21-12-22)18(23)16(10-20)14-4-6-15(19)7-5-14/h4-7,11-12,16H,8-9,13H2,1-3H3. The van der Waals surface area contributed by atoms with Crippen LogP contribution >= 0.6 is 0 Å². The van der Waals surface area contributed by atoms with Gasteiger partial charge in [0.2, 0.25) is 5.78 Å². The predicted octanol–water partition coefficient (Wildman–Crippen LogP) is 3.82. The highest BCUT2D eigenvalue weighted by molar-refractivity contribution is 6.76. The number of hydrogen-bond donors (Lipinski definition) is 0. The first-order chi connectivity index (χ1) is 11.8. The lowest BCUT2D eigenvalue weighted by molar-refractivity contribution is 0.0869. The molecule has 0 aliphatic carbocycles. The third-order valence-corrected chi connectivity index (χ3v) is 5.42. The third-order valence-electron chi connectivity index (χ3n) is 3.72. The number of carbonyl (C=O) groups is 1. The van der Waals surface area contributed by atoms with Crippen LogP contribution in [0, 0.1) is 17.1 Å². The van der Waals surface area contributed by atoms with Crippen molar-refractivity contribution in [1.82, 2.24) is 9.55 Å². The first-order valence-corrected chi connectivity index (χ1v) is 11.8. The van der Waals surface area contributed by atoms with Crippen molar-refractivity contribution in [1.29, 1.82) is 5.26 Å². The van der Waals surface area contributed by atoms with E-state index in [1.165, 1.54) is 30.6 Å². The molecule has 132 valence electrons. The van der Waals surface area contributed by atoms with E-state index in [9.17, 15) is 14.4 Å². The molecule has 2 rings (SSSR count). The quantitative estimate of drug-likeness (QED) is 0.408. The summed E-state index contributed by atoms with van der Waals surface area (Å²) in [6.07, 6.45) is 3.09. The van der Waals surface area contributed by atoms with Gasteiger partial charge in [0.1, 0.15) is 24.2 Å². The van der Waals surface area contributed by atoms with E-state index in [4.69, 9.17) is 4.74 Å². The lowest BCUT2D eigenvalue weighted by Gasteiger charge is -2.15. The summed E-state index contributed by atoms with van der Waals surface area (Å²) < 4.78 is 20.3. The molecule has 0 aliphatic heterocycles. The number of benzene rings is 1. The Hall–Kier alpha value is -2.30. The van der Waals surface area contributed by atoms with Gasteiger partial charge in [0.15, 0.2) is 0 Å². The van der Waals surface area contributed by atoms with Crippen molar-refractivity contribution in [2.24, 2.45) is 0 Å². The molecule has 0 saturated carbocycles. The molecule has 2 aromatic rings. The van der Waals surface area contributed by atoms with E-state index in [0.29, 0.717) is 18.9 Å². The van der Waals surface area contributed by atoms with Gasteiger partial charge in [0.05, 0.1) is 12.4 Å². The molecule has 0 N–H and O–H groups in total. The second kappa shape index (κ2) is 8.19. The van der Waals surface area contributed by atoms with Crippen LogP contribution in [0.15, 0.2) is 36.8 Å². The summed E-state index contributed by atoms with van der Waals surface area (Å²) in [6.45, 7) is 7.83. The number of halogens is 1. The van der Waals surface area contributed by atoms with Crippen molar-refractivity contribution in [2.45, 2.75) is 38.3 Å². The Bertz CT molecular complexity index is 760.